The number of nitrogens with one attached hydrogen (secondary N) is 1. The molecule has 2 aromatic heterocycles. The first-order valence-electron chi connectivity index (χ1n) is 8.54. The highest BCUT2D eigenvalue weighted by atomic mass is 32.1. The van der Waals surface area contributed by atoms with Crippen LogP contribution in [0.15, 0.2) is 16.8 Å². The Bertz CT molecular complexity index is 640. The Kier molecular flexibility index (Phi) is 5.68. The molecule has 0 aromatic carbocycles. The smallest absolute Gasteiger partial charge is 0.223 e. The van der Waals surface area contributed by atoms with E-state index in [-0.39, 0.29) is 12.0 Å². The van der Waals surface area contributed by atoms with E-state index in [4.69, 9.17) is 4.74 Å². The van der Waals surface area contributed by atoms with Gasteiger partial charge in [-0.25, -0.2) is 0 Å². The number of hydrogen-bond acceptors (Lipinski definition) is 4. The minimum absolute atomic E-state index is 0.185. The maximum absolute atomic E-state index is 12.8. The number of rotatable bonds is 7. The number of H-pyrrole nitrogens is 1. The lowest BCUT2D eigenvalue weighted by molar-refractivity contribution is -0.133. The highest BCUT2D eigenvalue weighted by Crippen LogP contribution is 2.18. The standard InChI is InChI=1S/C18H25N3O2S/c1-13-17(14(2)20-19-13)5-6-18(22)21(10-15-7-9-24-12-15)11-16-4-3-8-23-16/h7,9,12,16H,3-6,8,10-11H2,1-2H3,(H,19,20)/t16-/m0/s1. The van der Waals surface area contributed by atoms with Crippen LogP contribution in [0.4, 0.5) is 0 Å². The normalized spacial score (nSPS) is 17.3. The van der Waals surface area contributed by atoms with Crippen LogP contribution < -0.4 is 0 Å². The van der Waals surface area contributed by atoms with Gasteiger partial charge in [-0.1, -0.05) is 0 Å². The average Bonchev–Trinajstić information content (AvgIpc) is 3.30. The van der Waals surface area contributed by atoms with Crippen molar-refractivity contribution in [1.82, 2.24) is 15.1 Å². The van der Waals surface area contributed by atoms with Gasteiger partial charge < -0.3 is 9.64 Å². The number of hydrogen-bond donors (Lipinski definition) is 1. The summed E-state index contributed by atoms with van der Waals surface area (Å²) in [6.07, 6.45) is 3.58. The highest BCUT2D eigenvalue weighted by molar-refractivity contribution is 7.07. The van der Waals surface area contributed by atoms with Gasteiger partial charge in [-0.05, 0) is 61.1 Å². The van der Waals surface area contributed by atoms with Crippen molar-refractivity contribution in [3.63, 3.8) is 0 Å². The molecule has 1 N–H and O–H groups in total. The molecule has 0 saturated carbocycles. The van der Waals surface area contributed by atoms with Crippen LogP contribution in [0.5, 0.6) is 0 Å². The minimum atomic E-state index is 0.185. The van der Waals surface area contributed by atoms with Crippen LogP contribution in [0.25, 0.3) is 0 Å². The monoisotopic (exact) mass is 347 g/mol. The first-order valence-corrected chi connectivity index (χ1v) is 9.48. The van der Waals surface area contributed by atoms with Crippen LogP contribution in [0, 0.1) is 13.8 Å². The van der Waals surface area contributed by atoms with Gasteiger partial charge in [0.15, 0.2) is 0 Å². The van der Waals surface area contributed by atoms with E-state index < -0.39 is 0 Å². The molecule has 0 unspecified atom stereocenters. The molecule has 1 saturated heterocycles. The number of aryl methyl sites for hydroxylation is 2. The summed E-state index contributed by atoms with van der Waals surface area (Å²) in [5.74, 6) is 0.191. The van der Waals surface area contributed by atoms with Crippen LogP contribution in [-0.2, 0) is 22.5 Å². The second-order valence-electron chi connectivity index (χ2n) is 6.45. The molecule has 0 aliphatic carbocycles. The first-order chi connectivity index (χ1) is 11.6. The molecule has 24 heavy (non-hydrogen) atoms. The van der Waals surface area contributed by atoms with Gasteiger partial charge in [0.2, 0.25) is 5.91 Å². The fourth-order valence-corrected chi connectivity index (χ4v) is 3.88. The molecule has 1 aliphatic heterocycles. The fraction of sp³-hybridized carbons (Fsp3) is 0.556. The molecule has 1 fully saturated rings. The SMILES string of the molecule is Cc1n[nH]c(C)c1CCC(=O)N(Cc1ccsc1)C[C@@H]1CCCO1. The Hall–Kier alpha value is -1.66. The summed E-state index contributed by atoms with van der Waals surface area (Å²) in [5.41, 5.74) is 4.41. The number of aromatic amines is 1. The summed E-state index contributed by atoms with van der Waals surface area (Å²) in [6.45, 7) is 6.18. The second-order valence-corrected chi connectivity index (χ2v) is 7.23. The Morgan fingerprint density at radius 2 is 2.38 bits per heavy atom. The van der Waals surface area contributed by atoms with Crippen molar-refractivity contribution in [2.24, 2.45) is 0 Å². The number of ether oxygens (including phenoxy) is 1. The molecular formula is C18H25N3O2S. The third-order valence-corrected chi connectivity index (χ3v) is 5.36. The quantitative estimate of drug-likeness (QED) is 0.836. The summed E-state index contributed by atoms with van der Waals surface area (Å²) < 4.78 is 5.74. The molecule has 0 bridgehead atoms. The van der Waals surface area contributed by atoms with Gasteiger partial charge in [-0.3, -0.25) is 9.89 Å². The number of carbonyl (C=O) groups excluding carboxylic acids is 1. The van der Waals surface area contributed by atoms with Crippen molar-refractivity contribution in [2.75, 3.05) is 13.2 Å². The largest absolute Gasteiger partial charge is 0.376 e. The van der Waals surface area contributed by atoms with Crippen molar-refractivity contribution in [3.05, 3.63) is 39.3 Å². The van der Waals surface area contributed by atoms with E-state index in [1.54, 1.807) is 11.3 Å². The van der Waals surface area contributed by atoms with Gasteiger partial charge in [0.25, 0.3) is 0 Å². The number of carbonyl (C=O) groups is 1. The van der Waals surface area contributed by atoms with E-state index in [9.17, 15) is 4.79 Å². The fourth-order valence-electron chi connectivity index (χ4n) is 3.22. The van der Waals surface area contributed by atoms with Crippen LogP contribution in [0.1, 0.15) is 41.8 Å². The molecule has 3 rings (SSSR count). The maximum Gasteiger partial charge on any atom is 0.223 e. The van der Waals surface area contributed by atoms with Gasteiger partial charge in [-0.15, -0.1) is 0 Å². The van der Waals surface area contributed by atoms with Crippen molar-refractivity contribution in [2.45, 2.75) is 52.2 Å². The van der Waals surface area contributed by atoms with Gasteiger partial charge in [0, 0.05) is 31.8 Å². The van der Waals surface area contributed by atoms with Crippen molar-refractivity contribution in [1.29, 1.82) is 0 Å². The number of nitrogens with zero attached hydrogens (tertiary/aromatic N) is 2. The Morgan fingerprint density at radius 3 is 3.00 bits per heavy atom. The average molecular weight is 347 g/mol. The van der Waals surface area contributed by atoms with Crippen molar-refractivity contribution in [3.8, 4) is 0 Å². The van der Waals surface area contributed by atoms with Gasteiger partial charge in [0.05, 0.1) is 11.8 Å². The zero-order chi connectivity index (χ0) is 16.9. The molecule has 0 radical (unpaired) electrons. The van der Waals surface area contributed by atoms with Gasteiger partial charge in [-0.2, -0.15) is 16.4 Å². The molecule has 5 nitrogen and oxygen atoms in total. The Balaban J connectivity index is 1.63. The van der Waals surface area contributed by atoms with Crippen molar-refractivity contribution < 1.29 is 9.53 Å². The van der Waals surface area contributed by atoms with Crippen molar-refractivity contribution >= 4 is 17.2 Å². The van der Waals surface area contributed by atoms with E-state index in [2.05, 4.69) is 27.0 Å². The zero-order valence-electron chi connectivity index (χ0n) is 14.4. The molecule has 6 heteroatoms. The van der Waals surface area contributed by atoms with Gasteiger partial charge >= 0.3 is 0 Å². The zero-order valence-corrected chi connectivity index (χ0v) is 15.2. The summed E-state index contributed by atoms with van der Waals surface area (Å²) in [5, 5.41) is 11.4. The summed E-state index contributed by atoms with van der Waals surface area (Å²) in [6, 6.07) is 2.09. The third-order valence-electron chi connectivity index (χ3n) is 4.62. The lowest BCUT2D eigenvalue weighted by atomic mass is 10.1. The molecule has 0 spiro atoms. The predicted molar refractivity (Wildman–Crippen MR) is 95.1 cm³/mol. The van der Waals surface area contributed by atoms with Crippen LogP contribution in [-0.4, -0.2) is 40.3 Å². The van der Waals surface area contributed by atoms with Crippen LogP contribution >= 0.6 is 11.3 Å². The lowest BCUT2D eigenvalue weighted by Gasteiger charge is -2.25. The molecule has 130 valence electrons. The Morgan fingerprint density at radius 1 is 1.50 bits per heavy atom. The second kappa shape index (κ2) is 7.94. The number of thiophene rings is 1. The summed E-state index contributed by atoms with van der Waals surface area (Å²) >= 11 is 1.67. The van der Waals surface area contributed by atoms with Gasteiger partial charge in [0.1, 0.15) is 0 Å². The Labute approximate surface area is 147 Å². The summed E-state index contributed by atoms with van der Waals surface area (Å²) in [7, 11) is 0. The van der Waals surface area contributed by atoms with E-state index in [0.29, 0.717) is 19.5 Å². The molecule has 2 aromatic rings. The molecular weight excluding hydrogens is 322 g/mol. The molecule has 3 heterocycles. The first kappa shape index (κ1) is 17.2. The van der Waals surface area contributed by atoms with E-state index in [1.807, 2.05) is 18.7 Å². The molecule has 1 aliphatic rings. The number of aromatic nitrogens is 2. The minimum Gasteiger partial charge on any atom is -0.376 e. The van der Waals surface area contributed by atoms with E-state index >= 15 is 0 Å². The van der Waals surface area contributed by atoms with Crippen LogP contribution in [0.3, 0.4) is 0 Å². The summed E-state index contributed by atoms with van der Waals surface area (Å²) in [4.78, 5) is 14.8. The predicted octanol–water partition coefficient (Wildman–Crippen LogP) is 3.23. The van der Waals surface area contributed by atoms with E-state index in [0.717, 1.165) is 42.8 Å². The maximum atomic E-state index is 12.8. The third kappa shape index (κ3) is 4.24. The molecule has 1 atom stereocenters. The topological polar surface area (TPSA) is 58.2 Å². The van der Waals surface area contributed by atoms with E-state index in [1.165, 1.54) is 5.56 Å². The highest BCUT2D eigenvalue weighted by Gasteiger charge is 2.23. The number of amides is 1. The lowest BCUT2D eigenvalue weighted by Crippen LogP contribution is -2.37. The van der Waals surface area contributed by atoms with Crippen LogP contribution in [0.2, 0.25) is 0 Å². The molecule has 1 amide bonds.